The third kappa shape index (κ3) is 3.33. The standard InChI is InChI=1S/C22H28N2O/c1-5-6-12-19(25)24-22(17-10-8-7-9-11-17)20-16(4)13-14-18(15(2)3)21(20)23-24/h6-12,15-16,18H,5,13-14H2,1-4H3/b12-6+/t16-,18+/m1/s1. The second-order valence-electron chi connectivity index (χ2n) is 7.40. The van der Waals surface area contributed by atoms with Crippen LogP contribution >= 0.6 is 0 Å². The van der Waals surface area contributed by atoms with E-state index in [1.807, 2.05) is 31.2 Å². The molecule has 0 saturated heterocycles. The summed E-state index contributed by atoms with van der Waals surface area (Å²) in [4.78, 5) is 12.8. The van der Waals surface area contributed by atoms with Crippen LogP contribution in [0.25, 0.3) is 11.3 Å². The molecule has 2 aromatic rings. The topological polar surface area (TPSA) is 34.9 Å². The number of benzene rings is 1. The first-order valence-electron chi connectivity index (χ1n) is 9.43. The summed E-state index contributed by atoms with van der Waals surface area (Å²) >= 11 is 0. The summed E-state index contributed by atoms with van der Waals surface area (Å²) in [5.41, 5.74) is 4.46. The van der Waals surface area contributed by atoms with Crippen LogP contribution in [0.5, 0.6) is 0 Å². The molecular weight excluding hydrogens is 308 g/mol. The van der Waals surface area contributed by atoms with Crippen LogP contribution in [0.3, 0.4) is 0 Å². The molecule has 0 saturated carbocycles. The highest BCUT2D eigenvalue weighted by Crippen LogP contribution is 2.45. The van der Waals surface area contributed by atoms with Gasteiger partial charge < -0.3 is 0 Å². The predicted octanol–water partition coefficient (Wildman–Crippen LogP) is 5.79. The van der Waals surface area contributed by atoms with Gasteiger partial charge in [-0.05, 0) is 31.1 Å². The minimum Gasteiger partial charge on any atom is -0.267 e. The van der Waals surface area contributed by atoms with Gasteiger partial charge in [-0.25, -0.2) is 0 Å². The summed E-state index contributed by atoms with van der Waals surface area (Å²) in [6.45, 7) is 8.81. The fourth-order valence-corrected chi connectivity index (χ4v) is 3.89. The van der Waals surface area contributed by atoms with E-state index in [-0.39, 0.29) is 5.91 Å². The molecule has 0 amide bonds. The number of fused-ring (bicyclic) bond motifs is 1. The molecule has 25 heavy (non-hydrogen) atoms. The first-order chi connectivity index (χ1) is 12.0. The molecule has 3 heteroatoms. The number of aromatic nitrogens is 2. The molecule has 2 atom stereocenters. The lowest BCUT2D eigenvalue weighted by Gasteiger charge is -2.28. The Kier molecular flexibility index (Phi) is 5.22. The second-order valence-corrected chi connectivity index (χ2v) is 7.40. The Balaban J connectivity index is 2.23. The van der Waals surface area contributed by atoms with E-state index < -0.39 is 0 Å². The van der Waals surface area contributed by atoms with Gasteiger partial charge in [0.2, 0.25) is 0 Å². The van der Waals surface area contributed by atoms with Crippen LogP contribution in [0.2, 0.25) is 0 Å². The third-order valence-corrected chi connectivity index (χ3v) is 5.26. The van der Waals surface area contributed by atoms with E-state index in [0.717, 1.165) is 36.2 Å². The van der Waals surface area contributed by atoms with E-state index >= 15 is 0 Å². The van der Waals surface area contributed by atoms with Crippen molar-refractivity contribution >= 4 is 5.91 Å². The van der Waals surface area contributed by atoms with Crippen molar-refractivity contribution in [1.82, 2.24) is 9.78 Å². The highest BCUT2D eigenvalue weighted by Gasteiger charge is 2.34. The fraction of sp³-hybridized carbons (Fsp3) is 0.455. The monoisotopic (exact) mass is 336 g/mol. The molecule has 0 bridgehead atoms. The molecule has 0 aliphatic heterocycles. The molecule has 0 unspecified atom stereocenters. The van der Waals surface area contributed by atoms with E-state index in [9.17, 15) is 4.79 Å². The molecule has 1 aliphatic carbocycles. The van der Waals surface area contributed by atoms with Crippen LogP contribution in [0.4, 0.5) is 0 Å². The third-order valence-electron chi connectivity index (χ3n) is 5.26. The van der Waals surface area contributed by atoms with Crippen molar-refractivity contribution in [3.8, 4) is 11.3 Å². The normalized spacial score (nSPS) is 20.2. The summed E-state index contributed by atoms with van der Waals surface area (Å²) in [6.07, 6.45) is 6.70. The average molecular weight is 336 g/mol. The molecule has 1 heterocycles. The van der Waals surface area contributed by atoms with E-state index in [4.69, 9.17) is 5.10 Å². The zero-order chi connectivity index (χ0) is 18.0. The number of hydrogen-bond donors (Lipinski definition) is 0. The van der Waals surface area contributed by atoms with Gasteiger partial charge in [-0.1, -0.05) is 64.1 Å². The fourth-order valence-electron chi connectivity index (χ4n) is 3.89. The lowest BCUT2D eigenvalue weighted by atomic mass is 9.75. The molecule has 3 rings (SSSR count). The molecule has 1 aromatic carbocycles. The number of nitrogens with zero attached hydrogens (tertiary/aromatic N) is 2. The molecular formula is C22H28N2O. The summed E-state index contributed by atoms with van der Waals surface area (Å²) in [5.74, 6) is 1.33. The van der Waals surface area contributed by atoms with Crippen molar-refractivity contribution in [2.45, 2.75) is 58.8 Å². The van der Waals surface area contributed by atoms with Crippen LogP contribution in [-0.4, -0.2) is 15.7 Å². The zero-order valence-corrected chi connectivity index (χ0v) is 15.7. The Labute approximate surface area is 150 Å². The smallest absolute Gasteiger partial charge is 0.267 e. The summed E-state index contributed by atoms with van der Waals surface area (Å²) in [7, 11) is 0. The number of hydrogen-bond acceptors (Lipinski definition) is 2. The maximum atomic E-state index is 12.8. The van der Waals surface area contributed by atoms with Crippen molar-refractivity contribution in [2.24, 2.45) is 5.92 Å². The summed E-state index contributed by atoms with van der Waals surface area (Å²) in [6, 6.07) is 10.2. The molecule has 0 spiro atoms. The van der Waals surface area contributed by atoms with Gasteiger partial charge in [-0.3, -0.25) is 4.79 Å². The van der Waals surface area contributed by atoms with E-state index in [2.05, 4.69) is 32.9 Å². The Morgan fingerprint density at radius 3 is 2.64 bits per heavy atom. The van der Waals surface area contributed by atoms with Crippen LogP contribution in [0, 0.1) is 5.92 Å². The minimum absolute atomic E-state index is 0.0511. The van der Waals surface area contributed by atoms with Gasteiger partial charge in [-0.2, -0.15) is 9.78 Å². The van der Waals surface area contributed by atoms with Gasteiger partial charge >= 0.3 is 0 Å². The van der Waals surface area contributed by atoms with Crippen LogP contribution in [0.15, 0.2) is 42.5 Å². The summed E-state index contributed by atoms with van der Waals surface area (Å²) in [5, 5.41) is 4.85. The van der Waals surface area contributed by atoms with Crippen molar-refractivity contribution in [3.05, 3.63) is 53.7 Å². The van der Waals surface area contributed by atoms with Crippen LogP contribution < -0.4 is 0 Å². The molecule has 1 aliphatic rings. The van der Waals surface area contributed by atoms with Crippen molar-refractivity contribution < 1.29 is 4.79 Å². The molecule has 132 valence electrons. The van der Waals surface area contributed by atoms with E-state index in [1.54, 1.807) is 10.8 Å². The Morgan fingerprint density at radius 1 is 1.28 bits per heavy atom. The van der Waals surface area contributed by atoms with Gasteiger partial charge in [0.25, 0.3) is 5.91 Å². The number of allylic oxidation sites excluding steroid dienone is 2. The molecule has 0 radical (unpaired) electrons. The average Bonchev–Trinajstić information content (AvgIpc) is 3.01. The lowest BCUT2D eigenvalue weighted by Crippen LogP contribution is -2.17. The van der Waals surface area contributed by atoms with Crippen molar-refractivity contribution in [3.63, 3.8) is 0 Å². The Morgan fingerprint density at radius 2 is 2.00 bits per heavy atom. The van der Waals surface area contributed by atoms with Gasteiger partial charge in [0.05, 0.1) is 11.4 Å². The first-order valence-corrected chi connectivity index (χ1v) is 9.43. The number of carbonyl (C=O) groups excluding carboxylic acids is 1. The van der Waals surface area contributed by atoms with Crippen molar-refractivity contribution in [1.29, 1.82) is 0 Å². The minimum atomic E-state index is -0.0511. The SMILES string of the molecule is CC/C=C/C(=O)n1nc2c(c1-c1ccccc1)[C@H](C)CC[C@H]2C(C)C. The summed E-state index contributed by atoms with van der Waals surface area (Å²) < 4.78 is 1.64. The predicted molar refractivity (Wildman–Crippen MR) is 103 cm³/mol. The highest BCUT2D eigenvalue weighted by atomic mass is 16.2. The Hall–Kier alpha value is -2.16. The van der Waals surface area contributed by atoms with Gasteiger partial charge in [0, 0.05) is 23.1 Å². The lowest BCUT2D eigenvalue weighted by molar-refractivity contribution is 0.0955. The van der Waals surface area contributed by atoms with Crippen LogP contribution in [0.1, 0.15) is 74.8 Å². The maximum absolute atomic E-state index is 12.8. The first kappa shape index (κ1) is 17.7. The molecule has 3 nitrogen and oxygen atoms in total. The maximum Gasteiger partial charge on any atom is 0.271 e. The van der Waals surface area contributed by atoms with Gasteiger partial charge in [0.15, 0.2) is 0 Å². The van der Waals surface area contributed by atoms with Crippen LogP contribution in [-0.2, 0) is 0 Å². The quantitative estimate of drug-likeness (QED) is 0.662. The van der Waals surface area contributed by atoms with Gasteiger partial charge in [-0.15, -0.1) is 0 Å². The Bertz CT molecular complexity index is 771. The largest absolute Gasteiger partial charge is 0.271 e. The molecule has 1 aromatic heterocycles. The van der Waals surface area contributed by atoms with E-state index in [1.165, 1.54) is 5.56 Å². The zero-order valence-electron chi connectivity index (χ0n) is 15.7. The van der Waals surface area contributed by atoms with E-state index in [0.29, 0.717) is 17.8 Å². The molecule has 0 N–H and O–H groups in total. The molecule has 0 fully saturated rings. The van der Waals surface area contributed by atoms with Crippen molar-refractivity contribution in [2.75, 3.05) is 0 Å². The number of carbonyl (C=O) groups is 1. The van der Waals surface area contributed by atoms with Gasteiger partial charge in [0.1, 0.15) is 0 Å². The number of rotatable bonds is 4. The second kappa shape index (κ2) is 7.38. The highest BCUT2D eigenvalue weighted by molar-refractivity contribution is 5.93.